The molecule has 0 spiro atoms. The lowest BCUT2D eigenvalue weighted by Crippen LogP contribution is -1.94. The molecule has 246 valence electrons. The largest absolute Gasteiger partial charge is 0.454 e. The van der Waals surface area contributed by atoms with Crippen LogP contribution in [0, 0.1) is 0 Å². The summed E-state index contributed by atoms with van der Waals surface area (Å²) >= 11 is 0. The summed E-state index contributed by atoms with van der Waals surface area (Å²) < 4.78 is 11.5. The van der Waals surface area contributed by atoms with Crippen molar-refractivity contribution in [3.8, 4) is 22.5 Å². The predicted molar refractivity (Wildman–Crippen MR) is 223 cm³/mol. The second-order valence-corrected chi connectivity index (χ2v) is 14.2. The second kappa shape index (κ2) is 10.7. The number of hydrogen-bond donors (Lipinski definition) is 0. The summed E-state index contributed by atoms with van der Waals surface area (Å²) in [6.07, 6.45) is 0. The standard InChI is InChI=1S/C50H30N2O/c1-3-11-33-27-37(21-17-31(33)9-1)51-45-15-7-5-13-39(45)43-29-35(19-25-46(43)51)36-20-26-47-44(30-36)41-23-24-42-40-14-6-8-16-48(40)53-50(42)49(41)52(47)38-22-18-32-10-2-4-12-34(32)28-38/h1-30H. The van der Waals surface area contributed by atoms with E-state index in [0.717, 1.165) is 38.7 Å². The van der Waals surface area contributed by atoms with Crippen molar-refractivity contribution < 1.29 is 4.42 Å². The Labute approximate surface area is 304 Å². The predicted octanol–water partition coefficient (Wildman–Crippen LogP) is 13.8. The molecule has 9 aromatic carbocycles. The monoisotopic (exact) mass is 674 g/mol. The van der Waals surface area contributed by atoms with Crippen LogP contribution in [0.3, 0.4) is 0 Å². The highest BCUT2D eigenvalue weighted by Crippen LogP contribution is 2.42. The fourth-order valence-corrected chi connectivity index (χ4v) is 8.79. The maximum absolute atomic E-state index is 6.69. The van der Waals surface area contributed by atoms with Gasteiger partial charge in [-0.2, -0.15) is 0 Å². The first-order valence-electron chi connectivity index (χ1n) is 18.2. The summed E-state index contributed by atoms with van der Waals surface area (Å²) in [5.74, 6) is 0. The molecule has 3 aromatic heterocycles. The average molecular weight is 675 g/mol. The molecule has 0 saturated carbocycles. The Balaban J connectivity index is 1.10. The summed E-state index contributed by atoms with van der Waals surface area (Å²) in [5.41, 5.74) is 11.1. The number of para-hydroxylation sites is 2. The lowest BCUT2D eigenvalue weighted by Gasteiger charge is -2.11. The number of aromatic nitrogens is 2. The fourth-order valence-electron chi connectivity index (χ4n) is 8.79. The van der Waals surface area contributed by atoms with Crippen LogP contribution < -0.4 is 0 Å². The van der Waals surface area contributed by atoms with Crippen molar-refractivity contribution in [1.29, 1.82) is 0 Å². The highest BCUT2D eigenvalue weighted by atomic mass is 16.3. The average Bonchev–Trinajstić information content (AvgIpc) is 3.88. The van der Waals surface area contributed by atoms with Crippen molar-refractivity contribution in [1.82, 2.24) is 9.13 Å². The molecule has 0 aliphatic rings. The smallest absolute Gasteiger partial charge is 0.160 e. The van der Waals surface area contributed by atoms with Crippen molar-refractivity contribution in [3.05, 3.63) is 182 Å². The summed E-state index contributed by atoms with van der Waals surface area (Å²) in [7, 11) is 0. The fraction of sp³-hybridized carbons (Fsp3) is 0. The van der Waals surface area contributed by atoms with E-state index in [1.807, 2.05) is 6.07 Å². The molecule has 3 heteroatoms. The van der Waals surface area contributed by atoms with Gasteiger partial charge in [-0.15, -0.1) is 0 Å². The second-order valence-electron chi connectivity index (χ2n) is 14.2. The zero-order valence-electron chi connectivity index (χ0n) is 28.6. The number of nitrogens with zero attached hydrogens (tertiary/aromatic N) is 2. The van der Waals surface area contributed by atoms with Crippen molar-refractivity contribution >= 4 is 87.1 Å². The minimum atomic E-state index is 0.905. The third-order valence-electron chi connectivity index (χ3n) is 11.3. The molecule has 0 unspecified atom stereocenters. The van der Waals surface area contributed by atoms with E-state index in [-0.39, 0.29) is 0 Å². The van der Waals surface area contributed by atoms with Gasteiger partial charge in [-0.3, -0.25) is 0 Å². The van der Waals surface area contributed by atoms with E-state index in [1.54, 1.807) is 0 Å². The minimum Gasteiger partial charge on any atom is -0.454 e. The molecule has 3 nitrogen and oxygen atoms in total. The normalized spacial score (nSPS) is 12.2. The van der Waals surface area contributed by atoms with Gasteiger partial charge in [-0.05, 0) is 99.4 Å². The molecule has 12 aromatic rings. The van der Waals surface area contributed by atoms with Crippen molar-refractivity contribution in [2.75, 3.05) is 0 Å². The third kappa shape index (κ3) is 4.10. The van der Waals surface area contributed by atoms with Gasteiger partial charge >= 0.3 is 0 Å². The van der Waals surface area contributed by atoms with E-state index < -0.39 is 0 Å². The molecular weight excluding hydrogens is 645 g/mol. The summed E-state index contributed by atoms with van der Waals surface area (Å²) in [6.45, 7) is 0. The SMILES string of the molecule is c1ccc2cc(-n3c4ccccc4c4cc(-c5ccc6c(c5)c5ccc7c8ccccc8oc7c5n6-c5ccc6ccccc6c5)ccc43)ccc2c1. The first kappa shape index (κ1) is 28.6. The molecule has 0 fully saturated rings. The van der Waals surface area contributed by atoms with Crippen LogP contribution in [0.25, 0.3) is 110 Å². The summed E-state index contributed by atoms with van der Waals surface area (Å²) in [6, 6.07) is 66.1. The molecule has 0 N–H and O–H groups in total. The van der Waals surface area contributed by atoms with Crippen LogP contribution >= 0.6 is 0 Å². The van der Waals surface area contributed by atoms with Gasteiger partial charge in [0, 0.05) is 43.7 Å². The van der Waals surface area contributed by atoms with Gasteiger partial charge in [0.05, 0.1) is 22.1 Å². The molecule has 12 rings (SSSR count). The van der Waals surface area contributed by atoms with Crippen LogP contribution in [0.15, 0.2) is 186 Å². The quantitative estimate of drug-likeness (QED) is 0.183. The van der Waals surface area contributed by atoms with Gasteiger partial charge in [0.1, 0.15) is 5.58 Å². The van der Waals surface area contributed by atoms with Crippen molar-refractivity contribution in [3.63, 3.8) is 0 Å². The van der Waals surface area contributed by atoms with Crippen LogP contribution in [0.2, 0.25) is 0 Å². The van der Waals surface area contributed by atoms with Crippen LogP contribution in [-0.2, 0) is 0 Å². The first-order chi connectivity index (χ1) is 26.3. The Morgan fingerprint density at radius 2 is 0.849 bits per heavy atom. The van der Waals surface area contributed by atoms with Gasteiger partial charge in [0.25, 0.3) is 0 Å². The Hall–Kier alpha value is -7.10. The highest BCUT2D eigenvalue weighted by molar-refractivity contribution is 6.22. The molecule has 0 radical (unpaired) electrons. The molecule has 0 aliphatic heterocycles. The molecule has 0 bridgehead atoms. The molecule has 0 saturated heterocycles. The van der Waals surface area contributed by atoms with Crippen LogP contribution in [0.5, 0.6) is 0 Å². The summed E-state index contributed by atoms with van der Waals surface area (Å²) in [4.78, 5) is 0. The molecular formula is C50H30N2O. The number of furan rings is 1. The molecule has 3 heterocycles. The Bertz CT molecular complexity index is 3470. The molecule has 0 aliphatic carbocycles. The zero-order valence-corrected chi connectivity index (χ0v) is 28.6. The Kier molecular flexibility index (Phi) is 5.77. The molecule has 0 amide bonds. The van der Waals surface area contributed by atoms with E-state index in [4.69, 9.17) is 4.42 Å². The van der Waals surface area contributed by atoms with E-state index in [0.29, 0.717) is 0 Å². The van der Waals surface area contributed by atoms with Crippen molar-refractivity contribution in [2.45, 2.75) is 0 Å². The first-order valence-corrected chi connectivity index (χ1v) is 18.2. The van der Waals surface area contributed by atoms with Crippen LogP contribution in [0.4, 0.5) is 0 Å². The Morgan fingerprint density at radius 3 is 1.57 bits per heavy atom. The van der Waals surface area contributed by atoms with Gasteiger partial charge < -0.3 is 13.6 Å². The highest BCUT2D eigenvalue weighted by Gasteiger charge is 2.20. The lowest BCUT2D eigenvalue weighted by atomic mass is 10.0. The van der Waals surface area contributed by atoms with Crippen molar-refractivity contribution in [2.24, 2.45) is 0 Å². The molecule has 0 atom stereocenters. The van der Waals surface area contributed by atoms with E-state index in [1.165, 1.54) is 70.9 Å². The van der Waals surface area contributed by atoms with E-state index in [9.17, 15) is 0 Å². The Morgan fingerprint density at radius 1 is 0.321 bits per heavy atom. The van der Waals surface area contributed by atoms with Crippen LogP contribution in [-0.4, -0.2) is 9.13 Å². The number of hydrogen-bond acceptors (Lipinski definition) is 1. The number of benzene rings is 9. The topological polar surface area (TPSA) is 23.0 Å². The molecule has 53 heavy (non-hydrogen) atoms. The maximum Gasteiger partial charge on any atom is 0.160 e. The van der Waals surface area contributed by atoms with Gasteiger partial charge in [0.15, 0.2) is 5.58 Å². The van der Waals surface area contributed by atoms with Gasteiger partial charge in [0.2, 0.25) is 0 Å². The number of fused-ring (bicyclic) bond motifs is 12. The van der Waals surface area contributed by atoms with E-state index >= 15 is 0 Å². The minimum absolute atomic E-state index is 0.905. The summed E-state index contributed by atoms with van der Waals surface area (Å²) in [5, 5.41) is 12.1. The van der Waals surface area contributed by atoms with Crippen LogP contribution in [0.1, 0.15) is 0 Å². The third-order valence-corrected chi connectivity index (χ3v) is 11.3. The number of rotatable bonds is 3. The van der Waals surface area contributed by atoms with Gasteiger partial charge in [-0.25, -0.2) is 0 Å². The maximum atomic E-state index is 6.69. The van der Waals surface area contributed by atoms with E-state index in [2.05, 4.69) is 185 Å². The zero-order chi connectivity index (χ0) is 34.6. The van der Waals surface area contributed by atoms with Gasteiger partial charge in [-0.1, -0.05) is 115 Å². The lowest BCUT2D eigenvalue weighted by molar-refractivity contribution is 0.671.